The summed E-state index contributed by atoms with van der Waals surface area (Å²) in [5, 5.41) is 11.7. The van der Waals surface area contributed by atoms with Crippen LogP contribution in [0.1, 0.15) is 25.3 Å². The molecule has 3 aromatic rings. The Morgan fingerprint density at radius 1 is 1.00 bits per heavy atom. The van der Waals surface area contributed by atoms with Crippen LogP contribution in [0.2, 0.25) is 10.0 Å². The number of aryl methyl sites for hydroxylation is 1. The molecule has 3 heterocycles. The van der Waals surface area contributed by atoms with Crippen LogP contribution in [0.3, 0.4) is 0 Å². The van der Waals surface area contributed by atoms with Crippen LogP contribution in [-0.4, -0.2) is 73.5 Å². The monoisotopic (exact) mass is 601 g/mol. The molecular weight excluding hydrogens is 564 g/mol. The number of anilines is 5. The van der Waals surface area contributed by atoms with Crippen molar-refractivity contribution in [3.05, 3.63) is 58.2 Å². The van der Waals surface area contributed by atoms with Gasteiger partial charge in [-0.05, 0) is 62.4 Å². The van der Waals surface area contributed by atoms with Crippen molar-refractivity contribution in [3.8, 4) is 0 Å². The van der Waals surface area contributed by atoms with Crippen LogP contribution in [0.5, 0.6) is 0 Å². The summed E-state index contributed by atoms with van der Waals surface area (Å²) in [6, 6.07) is 12.3. The summed E-state index contributed by atoms with van der Waals surface area (Å²) < 4.78 is 12.8. The Morgan fingerprint density at radius 2 is 1.73 bits per heavy atom. The number of aromatic nitrogens is 2. The molecule has 40 heavy (non-hydrogen) atoms. The minimum atomic E-state index is -2.51. The van der Waals surface area contributed by atoms with Crippen LogP contribution in [0.15, 0.2) is 42.6 Å². The fourth-order valence-electron chi connectivity index (χ4n) is 5.61. The molecule has 2 saturated heterocycles. The minimum Gasteiger partial charge on any atom is -0.371 e. The average molecular weight is 603 g/mol. The smallest absolute Gasteiger partial charge is 0.229 e. The first-order valence-electron chi connectivity index (χ1n) is 14.0. The molecular formula is C29H38Cl2N7OP. The number of piperidine rings is 1. The fraction of sp³-hybridized carbons (Fsp3) is 0.448. The third kappa shape index (κ3) is 6.75. The van der Waals surface area contributed by atoms with E-state index in [0.717, 1.165) is 56.7 Å². The van der Waals surface area contributed by atoms with Gasteiger partial charge < -0.3 is 25.4 Å². The van der Waals surface area contributed by atoms with E-state index >= 15 is 0 Å². The number of hydrogen-bond acceptors (Lipinski definition) is 8. The Kier molecular flexibility index (Phi) is 9.23. The van der Waals surface area contributed by atoms with Gasteiger partial charge in [-0.15, -0.1) is 0 Å². The number of rotatable bonds is 8. The van der Waals surface area contributed by atoms with E-state index < -0.39 is 7.14 Å². The second kappa shape index (κ2) is 12.7. The Balaban J connectivity index is 1.32. The number of piperazine rings is 1. The summed E-state index contributed by atoms with van der Waals surface area (Å²) in [4.78, 5) is 14.1. The van der Waals surface area contributed by atoms with Gasteiger partial charge in [0.15, 0.2) is 5.82 Å². The number of nitrogens with zero attached hydrogens (tertiary/aromatic N) is 4. The summed E-state index contributed by atoms with van der Waals surface area (Å²) in [6.07, 6.45) is 4.77. The molecule has 8 nitrogen and oxygen atoms in total. The predicted octanol–water partition coefficient (Wildman–Crippen LogP) is 5.96. The van der Waals surface area contributed by atoms with E-state index in [1.54, 1.807) is 19.5 Å². The quantitative estimate of drug-likeness (QED) is 0.273. The number of halogens is 2. The third-order valence-corrected chi connectivity index (χ3v) is 9.89. The topological polar surface area (TPSA) is 85.4 Å². The first kappa shape index (κ1) is 29.2. The van der Waals surface area contributed by atoms with E-state index in [1.165, 1.54) is 24.1 Å². The second-order valence-electron chi connectivity index (χ2n) is 10.8. The molecule has 2 fully saturated rings. The molecule has 0 radical (unpaired) electrons. The van der Waals surface area contributed by atoms with Gasteiger partial charge in [0.25, 0.3) is 0 Å². The molecule has 0 saturated carbocycles. The maximum atomic E-state index is 12.8. The SMILES string of the molecule is CCc1cc(Nc2ncc(Cl)c(Nc3ccccc3P(C)(C)=O)n2)c(Cl)cc1N1CCC(N2CCNCC2)CC1. The molecule has 0 bridgehead atoms. The van der Waals surface area contributed by atoms with E-state index in [-0.39, 0.29) is 0 Å². The van der Waals surface area contributed by atoms with Gasteiger partial charge in [-0.25, -0.2) is 4.98 Å². The minimum absolute atomic E-state index is 0.363. The van der Waals surface area contributed by atoms with Crippen molar-refractivity contribution >= 4 is 64.5 Å². The summed E-state index contributed by atoms with van der Waals surface area (Å²) in [5.74, 6) is 0.796. The van der Waals surface area contributed by atoms with E-state index in [4.69, 9.17) is 23.2 Å². The highest BCUT2D eigenvalue weighted by atomic mass is 35.5. The van der Waals surface area contributed by atoms with Crippen molar-refractivity contribution < 1.29 is 4.57 Å². The normalized spacial score (nSPS) is 17.2. The summed E-state index contributed by atoms with van der Waals surface area (Å²) in [5.41, 5.74) is 3.89. The van der Waals surface area contributed by atoms with Gasteiger partial charge >= 0.3 is 0 Å². The van der Waals surface area contributed by atoms with Crippen LogP contribution in [-0.2, 0) is 11.0 Å². The van der Waals surface area contributed by atoms with Gasteiger partial charge in [-0.3, -0.25) is 4.90 Å². The number of hydrogen-bond donors (Lipinski definition) is 3. The molecule has 0 aliphatic carbocycles. The zero-order valence-corrected chi connectivity index (χ0v) is 25.8. The third-order valence-electron chi connectivity index (χ3n) is 7.75. The maximum absolute atomic E-state index is 12.8. The molecule has 0 spiro atoms. The van der Waals surface area contributed by atoms with Gasteiger partial charge in [0.05, 0.1) is 22.6 Å². The van der Waals surface area contributed by atoms with E-state index in [0.29, 0.717) is 33.5 Å². The van der Waals surface area contributed by atoms with E-state index in [2.05, 4.69) is 54.8 Å². The predicted molar refractivity (Wildman–Crippen MR) is 170 cm³/mol. The molecule has 214 valence electrons. The molecule has 2 aliphatic heterocycles. The van der Waals surface area contributed by atoms with Gasteiger partial charge in [0, 0.05) is 56.3 Å². The summed E-state index contributed by atoms with van der Waals surface area (Å²) in [6.45, 7) is 12.2. The van der Waals surface area contributed by atoms with Crippen molar-refractivity contribution in [3.63, 3.8) is 0 Å². The summed E-state index contributed by atoms with van der Waals surface area (Å²) in [7, 11) is -2.51. The Morgan fingerprint density at radius 3 is 2.42 bits per heavy atom. The zero-order chi connectivity index (χ0) is 28.3. The van der Waals surface area contributed by atoms with Crippen LogP contribution in [0.25, 0.3) is 0 Å². The van der Waals surface area contributed by atoms with Gasteiger partial charge in [-0.2, -0.15) is 4.98 Å². The number of para-hydroxylation sites is 1. The zero-order valence-electron chi connectivity index (χ0n) is 23.4. The molecule has 5 rings (SSSR count). The first-order valence-corrected chi connectivity index (χ1v) is 17.3. The van der Waals surface area contributed by atoms with Crippen molar-refractivity contribution in [2.45, 2.75) is 32.2 Å². The van der Waals surface area contributed by atoms with Crippen molar-refractivity contribution in [2.75, 3.05) is 68.1 Å². The molecule has 3 N–H and O–H groups in total. The first-order chi connectivity index (χ1) is 19.2. The van der Waals surface area contributed by atoms with Crippen molar-refractivity contribution in [2.24, 2.45) is 0 Å². The molecule has 2 aliphatic rings. The van der Waals surface area contributed by atoms with Crippen molar-refractivity contribution in [1.29, 1.82) is 0 Å². The lowest BCUT2D eigenvalue weighted by Gasteiger charge is -2.41. The lowest BCUT2D eigenvalue weighted by atomic mass is 10.00. The lowest BCUT2D eigenvalue weighted by molar-refractivity contribution is 0.150. The largest absolute Gasteiger partial charge is 0.371 e. The van der Waals surface area contributed by atoms with E-state index in [9.17, 15) is 4.57 Å². The maximum Gasteiger partial charge on any atom is 0.229 e. The number of benzene rings is 2. The van der Waals surface area contributed by atoms with Crippen LogP contribution < -0.4 is 26.2 Å². The van der Waals surface area contributed by atoms with Crippen molar-refractivity contribution in [1.82, 2.24) is 20.2 Å². The molecule has 0 atom stereocenters. The highest BCUT2D eigenvalue weighted by Crippen LogP contribution is 2.39. The average Bonchev–Trinajstić information content (AvgIpc) is 2.96. The molecule has 0 amide bonds. The standard InChI is InChI=1S/C29H38Cl2N7OP/c1-4-20-17-25(22(30)18-26(20)38-13-9-21(10-14-38)37-15-11-32-12-16-37)35-29-33-19-23(31)28(36-29)34-24-7-5-6-8-27(24)40(2,3)39/h5-8,17-19,21,32H,4,9-16H2,1-3H3,(H2,33,34,35,36). The summed E-state index contributed by atoms with van der Waals surface area (Å²) >= 11 is 13.3. The second-order valence-corrected chi connectivity index (χ2v) is 14.8. The molecule has 0 unspecified atom stereocenters. The van der Waals surface area contributed by atoms with E-state index in [1.807, 2.05) is 24.3 Å². The molecule has 11 heteroatoms. The Labute approximate surface area is 247 Å². The molecule has 2 aromatic carbocycles. The van der Waals surface area contributed by atoms with Gasteiger partial charge in [-0.1, -0.05) is 42.3 Å². The fourth-order valence-corrected chi connectivity index (χ4v) is 7.11. The number of nitrogens with one attached hydrogen (secondary N) is 3. The lowest BCUT2D eigenvalue weighted by Crippen LogP contribution is -2.52. The highest BCUT2D eigenvalue weighted by Gasteiger charge is 2.27. The Hall–Kier alpha value is -2.35. The highest BCUT2D eigenvalue weighted by molar-refractivity contribution is 7.70. The Bertz CT molecular complexity index is 1380. The molecule has 1 aromatic heterocycles. The van der Waals surface area contributed by atoms with Crippen LogP contribution in [0.4, 0.5) is 28.8 Å². The van der Waals surface area contributed by atoms with Crippen LogP contribution >= 0.6 is 30.3 Å². The van der Waals surface area contributed by atoms with Gasteiger partial charge in [0.1, 0.15) is 12.2 Å². The van der Waals surface area contributed by atoms with Gasteiger partial charge in [0.2, 0.25) is 5.95 Å². The van der Waals surface area contributed by atoms with Crippen LogP contribution in [0, 0.1) is 0 Å².